The highest BCUT2D eigenvalue weighted by Crippen LogP contribution is 2.35. The van der Waals surface area contributed by atoms with Crippen LogP contribution in [0.2, 0.25) is 0 Å². The van der Waals surface area contributed by atoms with Crippen molar-refractivity contribution >= 4 is 17.2 Å². The van der Waals surface area contributed by atoms with Crippen LogP contribution in [-0.2, 0) is 13.6 Å². The van der Waals surface area contributed by atoms with E-state index in [1.54, 1.807) is 12.5 Å². The summed E-state index contributed by atoms with van der Waals surface area (Å²) in [6.07, 6.45) is 0.718. The SMILES string of the molecule is CCCn1c(N)c(-c2csc(-c3ccc(OCC)c(OC)c3)n2)c(=O)n(C)c1=O. The summed E-state index contributed by atoms with van der Waals surface area (Å²) in [4.78, 5) is 29.7. The van der Waals surface area contributed by atoms with Crippen molar-refractivity contribution < 1.29 is 9.47 Å². The first-order valence-corrected chi connectivity index (χ1v) is 10.2. The summed E-state index contributed by atoms with van der Waals surface area (Å²) in [7, 11) is 3.03. The molecule has 0 unspecified atom stereocenters. The average molecular weight is 417 g/mol. The number of hydrogen-bond acceptors (Lipinski definition) is 7. The van der Waals surface area contributed by atoms with Crippen LogP contribution in [0.15, 0.2) is 33.2 Å². The predicted molar refractivity (Wildman–Crippen MR) is 115 cm³/mol. The second-order valence-corrected chi connectivity index (χ2v) is 7.25. The zero-order chi connectivity index (χ0) is 21.1. The molecule has 2 aromatic heterocycles. The van der Waals surface area contributed by atoms with Crippen LogP contribution in [0.4, 0.5) is 5.82 Å². The minimum Gasteiger partial charge on any atom is -0.493 e. The van der Waals surface area contributed by atoms with Gasteiger partial charge in [-0.3, -0.25) is 13.9 Å². The maximum atomic E-state index is 12.7. The van der Waals surface area contributed by atoms with Gasteiger partial charge < -0.3 is 15.2 Å². The van der Waals surface area contributed by atoms with Crippen molar-refractivity contribution in [2.75, 3.05) is 19.5 Å². The molecule has 0 radical (unpaired) electrons. The number of hydrogen-bond donors (Lipinski definition) is 1. The van der Waals surface area contributed by atoms with E-state index < -0.39 is 11.2 Å². The van der Waals surface area contributed by atoms with Crippen LogP contribution >= 0.6 is 11.3 Å². The first-order valence-electron chi connectivity index (χ1n) is 9.29. The summed E-state index contributed by atoms with van der Waals surface area (Å²) in [5, 5.41) is 2.47. The van der Waals surface area contributed by atoms with E-state index in [0.717, 1.165) is 16.6 Å². The fraction of sp³-hybridized carbons (Fsp3) is 0.350. The standard InChI is InChI=1S/C20H24N4O4S/c1-5-9-24-17(21)16(19(25)23(3)20(24)26)13-11-29-18(22-13)12-7-8-14(28-6-2)15(10-12)27-4/h7-8,10-11H,5-6,9,21H2,1-4H3. The zero-order valence-corrected chi connectivity index (χ0v) is 17.7. The lowest BCUT2D eigenvalue weighted by atomic mass is 10.2. The number of aromatic nitrogens is 3. The van der Waals surface area contributed by atoms with Gasteiger partial charge in [-0.25, -0.2) is 9.78 Å². The lowest BCUT2D eigenvalue weighted by Gasteiger charge is -2.13. The Labute approximate surface area is 172 Å². The van der Waals surface area contributed by atoms with Crippen molar-refractivity contribution in [3.8, 4) is 33.3 Å². The van der Waals surface area contributed by atoms with Crippen molar-refractivity contribution in [3.05, 3.63) is 44.4 Å². The van der Waals surface area contributed by atoms with E-state index in [2.05, 4.69) is 4.98 Å². The average Bonchev–Trinajstić information content (AvgIpc) is 3.20. The summed E-state index contributed by atoms with van der Waals surface area (Å²) in [6, 6.07) is 5.55. The molecule has 0 atom stereocenters. The van der Waals surface area contributed by atoms with Gasteiger partial charge >= 0.3 is 5.69 Å². The molecular formula is C20H24N4O4S. The number of methoxy groups -OCH3 is 1. The number of ether oxygens (including phenoxy) is 2. The van der Waals surface area contributed by atoms with E-state index in [1.807, 2.05) is 32.0 Å². The Balaban J connectivity index is 2.10. The third-order valence-electron chi connectivity index (χ3n) is 4.50. The lowest BCUT2D eigenvalue weighted by molar-refractivity contribution is 0.311. The molecule has 29 heavy (non-hydrogen) atoms. The van der Waals surface area contributed by atoms with Gasteiger partial charge in [-0.05, 0) is 31.5 Å². The number of thiazole rings is 1. The van der Waals surface area contributed by atoms with Crippen LogP contribution < -0.4 is 26.5 Å². The minimum absolute atomic E-state index is 0.140. The van der Waals surface area contributed by atoms with Gasteiger partial charge in [-0.1, -0.05) is 6.92 Å². The summed E-state index contributed by atoms with van der Waals surface area (Å²) in [6.45, 7) is 4.81. The van der Waals surface area contributed by atoms with Gasteiger partial charge in [0.25, 0.3) is 5.56 Å². The molecular weight excluding hydrogens is 392 g/mol. The summed E-state index contributed by atoms with van der Waals surface area (Å²) in [5.74, 6) is 1.40. The van der Waals surface area contributed by atoms with Crippen molar-refractivity contribution in [2.24, 2.45) is 7.05 Å². The Morgan fingerprint density at radius 1 is 1.21 bits per heavy atom. The Kier molecular flexibility index (Phi) is 6.07. The Morgan fingerprint density at radius 3 is 2.62 bits per heavy atom. The first-order chi connectivity index (χ1) is 13.9. The molecule has 2 N–H and O–H groups in total. The molecule has 0 fully saturated rings. The topological polar surface area (TPSA) is 101 Å². The summed E-state index contributed by atoms with van der Waals surface area (Å²) in [5.41, 5.74) is 6.83. The van der Waals surface area contributed by atoms with E-state index in [-0.39, 0.29) is 11.4 Å². The second kappa shape index (κ2) is 8.52. The minimum atomic E-state index is -0.457. The largest absolute Gasteiger partial charge is 0.493 e. The molecule has 154 valence electrons. The van der Waals surface area contributed by atoms with Crippen LogP contribution in [0.1, 0.15) is 20.3 Å². The molecule has 3 aromatic rings. The van der Waals surface area contributed by atoms with Gasteiger partial charge in [0.1, 0.15) is 16.4 Å². The van der Waals surface area contributed by atoms with Gasteiger partial charge in [-0.15, -0.1) is 11.3 Å². The Hall–Kier alpha value is -3.07. The normalized spacial score (nSPS) is 10.9. The highest BCUT2D eigenvalue weighted by atomic mass is 32.1. The van der Waals surface area contributed by atoms with Crippen molar-refractivity contribution in [1.29, 1.82) is 0 Å². The molecule has 0 bridgehead atoms. The Bertz CT molecular complexity index is 1150. The predicted octanol–water partition coefficient (Wildman–Crippen LogP) is 2.74. The van der Waals surface area contributed by atoms with Crippen LogP contribution in [0, 0.1) is 0 Å². The van der Waals surface area contributed by atoms with E-state index >= 15 is 0 Å². The fourth-order valence-electron chi connectivity index (χ4n) is 3.06. The quantitative estimate of drug-likeness (QED) is 0.635. The van der Waals surface area contributed by atoms with Crippen molar-refractivity contribution in [2.45, 2.75) is 26.8 Å². The second-order valence-electron chi connectivity index (χ2n) is 6.40. The molecule has 0 aliphatic heterocycles. The maximum absolute atomic E-state index is 12.7. The van der Waals surface area contributed by atoms with Gasteiger partial charge in [0.05, 0.1) is 19.4 Å². The Morgan fingerprint density at radius 2 is 1.97 bits per heavy atom. The van der Waals surface area contributed by atoms with Crippen LogP contribution in [0.25, 0.3) is 21.8 Å². The molecule has 0 saturated heterocycles. The molecule has 2 heterocycles. The molecule has 0 spiro atoms. The van der Waals surface area contributed by atoms with Gasteiger partial charge in [0.2, 0.25) is 0 Å². The molecule has 1 aromatic carbocycles. The highest BCUT2D eigenvalue weighted by Gasteiger charge is 2.19. The monoisotopic (exact) mass is 416 g/mol. The maximum Gasteiger partial charge on any atom is 0.332 e. The number of rotatable bonds is 7. The number of anilines is 1. The van der Waals surface area contributed by atoms with Gasteiger partial charge in [-0.2, -0.15) is 0 Å². The zero-order valence-electron chi connectivity index (χ0n) is 16.9. The molecule has 0 saturated carbocycles. The highest BCUT2D eigenvalue weighted by molar-refractivity contribution is 7.13. The van der Waals surface area contributed by atoms with Gasteiger partial charge in [0, 0.05) is 24.5 Å². The van der Waals surface area contributed by atoms with Crippen LogP contribution in [-0.4, -0.2) is 27.8 Å². The van der Waals surface area contributed by atoms with Crippen LogP contribution in [0.3, 0.4) is 0 Å². The van der Waals surface area contributed by atoms with Crippen molar-refractivity contribution in [1.82, 2.24) is 14.1 Å². The van der Waals surface area contributed by atoms with E-state index in [4.69, 9.17) is 15.2 Å². The molecule has 0 aliphatic carbocycles. The summed E-state index contributed by atoms with van der Waals surface area (Å²) < 4.78 is 13.4. The third kappa shape index (κ3) is 3.77. The van der Waals surface area contributed by atoms with Gasteiger partial charge in [0.15, 0.2) is 11.5 Å². The van der Waals surface area contributed by atoms with Crippen LogP contribution in [0.5, 0.6) is 11.5 Å². The van der Waals surface area contributed by atoms with E-state index in [9.17, 15) is 9.59 Å². The fourth-order valence-corrected chi connectivity index (χ4v) is 3.87. The number of nitrogens with zero attached hydrogens (tertiary/aromatic N) is 3. The van der Waals surface area contributed by atoms with E-state index in [1.165, 1.54) is 23.0 Å². The molecule has 8 nitrogen and oxygen atoms in total. The first kappa shape index (κ1) is 20.7. The number of nitrogen functional groups attached to an aromatic ring is 1. The third-order valence-corrected chi connectivity index (χ3v) is 5.39. The smallest absolute Gasteiger partial charge is 0.332 e. The van der Waals surface area contributed by atoms with Crippen molar-refractivity contribution in [3.63, 3.8) is 0 Å². The molecule has 0 amide bonds. The van der Waals surface area contributed by atoms with E-state index in [0.29, 0.717) is 35.4 Å². The molecule has 0 aliphatic rings. The summed E-state index contributed by atoms with van der Waals surface area (Å²) >= 11 is 1.38. The lowest BCUT2D eigenvalue weighted by Crippen LogP contribution is -2.40. The molecule has 9 heteroatoms. The molecule has 3 rings (SSSR count). The number of benzene rings is 1. The number of nitrogens with two attached hydrogens (primary N) is 1.